The van der Waals surface area contributed by atoms with E-state index < -0.39 is 5.97 Å². The molecule has 0 fully saturated rings. The third kappa shape index (κ3) is 4.62. The van der Waals surface area contributed by atoms with Gasteiger partial charge in [-0.3, -0.25) is 0 Å². The van der Waals surface area contributed by atoms with Crippen LogP contribution in [0.4, 0.5) is 0 Å². The Balaban J connectivity index is 2.26. The van der Waals surface area contributed by atoms with E-state index in [-0.39, 0.29) is 5.69 Å². The van der Waals surface area contributed by atoms with Crippen molar-refractivity contribution in [1.82, 2.24) is 9.78 Å². The summed E-state index contributed by atoms with van der Waals surface area (Å²) < 4.78 is 12.0. The third-order valence-corrected chi connectivity index (χ3v) is 3.81. The molecule has 0 atom stereocenters. The molecule has 0 unspecified atom stereocenters. The van der Waals surface area contributed by atoms with E-state index in [4.69, 9.17) is 32.7 Å². The number of hydrogen-bond donors (Lipinski definition) is 0. The normalized spacial score (nSPS) is 10.6. The van der Waals surface area contributed by atoms with E-state index in [9.17, 15) is 4.79 Å². The molecule has 0 N–H and O–H groups in total. The average Bonchev–Trinajstić information content (AvgIpc) is 2.92. The first-order valence-electron chi connectivity index (χ1n) is 7.28. The van der Waals surface area contributed by atoms with Crippen LogP contribution in [0.1, 0.15) is 35.8 Å². The van der Waals surface area contributed by atoms with Crippen molar-refractivity contribution in [3.05, 3.63) is 45.6 Å². The SMILES string of the molecule is CCCCOc1cc(C(=O)OC)nn1Cc1ccc(Cl)cc1Cl. The zero-order chi connectivity index (χ0) is 16.8. The van der Waals surface area contributed by atoms with Crippen LogP contribution in [0.15, 0.2) is 24.3 Å². The second-order valence-corrected chi connectivity index (χ2v) is 5.80. The molecule has 0 radical (unpaired) electrons. The highest BCUT2D eigenvalue weighted by Gasteiger charge is 2.16. The number of methoxy groups -OCH3 is 1. The number of halogens is 2. The smallest absolute Gasteiger partial charge is 0.358 e. The first kappa shape index (κ1) is 17.6. The minimum atomic E-state index is -0.508. The van der Waals surface area contributed by atoms with Crippen LogP contribution in [0, 0.1) is 0 Å². The minimum Gasteiger partial charge on any atom is -0.478 e. The fourth-order valence-corrected chi connectivity index (χ4v) is 2.43. The Labute approximate surface area is 145 Å². The highest BCUT2D eigenvalue weighted by molar-refractivity contribution is 6.35. The summed E-state index contributed by atoms with van der Waals surface area (Å²) in [4.78, 5) is 11.7. The Morgan fingerprint density at radius 3 is 2.74 bits per heavy atom. The van der Waals surface area contributed by atoms with Gasteiger partial charge >= 0.3 is 5.97 Å². The van der Waals surface area contributed by atoms with E-state index in [1.807, 2.05) is 6.07 Å². The first-order valence-corrected chi connectivity index (χ1v) is 8.03. The summed E-state index contributed by atoms with van der Waals surface area (Å²) in [5.41, 5.74) is 1.03. The summed E-state index contributed by atoms with van der Waals surface area (Å²) in [5.74, 6) is -0.00355. The molecule has 124 valence electrons. The Hall–Kier alpha value is -1.72. The van der Waals surface area contributed by atoms with Crippen LogP contribution in [0.5, 0.6) is 5.88 Å². The van der Waals surface area contributed by atoms with Crippen LogP contribution in [-0.4, -0.2) is 29.5 Å². The lowest BCUT2D eigenvalue weighted by Crippen LogP contribution is -2.09. The molecule has 0 bridgehead atoms. The molecular weight excluding hydrogens is 339 g/mol. The molecule has 0 aliphatic heterocycles. The fraction of sp³-hybridized carbons (Fsp3) is 0.375. The van der Waals surface area contributed by atoms with Crippen LogP contribution in [0.2, 0.25) is 10.0 Å². The van der Waals surface area contributed by atoms with Crippen molar-refractivity contribution in [2.45, 2.75) is 26.3 Å². The van der Waals surface area contributed by atoms with Crippen LogP contribution in [0.3, 0.4) is 0 Å². The monoisotopic (exact) mass is 356 g/mol. The number of hydrogen-bond acceptors (Lipinski definition) is 4. The van der Waals surface area contributed by atoms with E-state index in [1.54, 1.807) is 22.9 Å². The van der Waals surface area contributed by atoms with Gasteiger partial charge in [-0.2, -0.15) is 5.10 Å². The van der Waals surface area contributed by atoms with Gasteiger partial charge in [0.1, 0.15) is 0 Å². The average molecular weight is 357 g/mol. The Morgan fingerprint density at radius 1 is 1.30 bits per heavy atom. The number of aromatic nitrogens is 2. The van der Waals surface area contributed by atoms with Gasteiger partial charge in [0.25, 0.3) is 0 Å². The molecular formula is C16H18Cl2N2O3. The number of benzene rings is 1. The predicted molar refractivity (Wildman–Crippen MR) is 89.5 cm³/mol. The molecule has 5 nitrogen and oxygen atoms in total. The van der Waals surface area contributed by atoms with Gasteiger partial charge in [-0.15, -0.1) is 0 Å². The molecule has 2 aromatic rings. The van der Waals surface area contributed by atoms with Gasteiger partial charge < -0.3 is 9.47 Å². The summed E-state index contributed by atoms with van der Waals surface area (Å²) in [6, 6.07) is 6.82. The van der Waals surface area contributed by atoms with Gasteiger partial charge in [-0.25, -0.2) is 9.48 Å². The maximum Gasteiger partial charge on any atom is 0.358 e. The minimum absolute atomic E-state index is 0.198. The lowest BCUT2D eigenvalue weighted by molar-refractivity contribution is 0.0593. The van der Waals surface area contributed by atoms with Crippen molar-refractivity contribution in [3.63, 3.8) is 0 Å². The quantitative estimate of drug-likeness (QED) is 0.550. The molecule has 0 aliphatic carbocycles. The summed E-state index contributed by atoms with van der Waals surface area (Å²) in [7, 11) is 1.31. The molecule has 1 aromatic heterocycles. The molecule has 0 spiro atoms. The van der Waals surface area contributed by atoms with E-state index >= 15 is 0 Å². The van der Waals surface area contributed by atoms with Crippen molar-refractivity contribution in [2.24, 2.45) is 0 Å². The second-order valence-electron chi connectivity index (χ2n) is 4.95. The van der Waals surface area contributed by atoms with Gasteiger partial charge in [0.05, 0.1) is 20.3 Å². The van der Waals surface area contributed by atoms with Crippen LogP contribution in [0.25, 0.3) is 0 Å². The molecule has 2 rings (SSSR count). The Kier molecular flexibility index (Phi) is 6.30. The van der Waals surface area contributed by atoms with Crippen molar-refractivity contribution in [1.29, 1.82) is 0 Å². The standard InChI is InChI=1S/C16H18Cl2N2O3/c1-3-4-7-23-15-9-14(16(21)22-2)19-20(15)10-11-5-6-12(17)8-13(11)18/h5-6,8-9H,3-4,7,10H2,1-2H3. The highest BCUT2D eigenvalue weighted by atomic mass is 35.5. The number of unbranched alkanes of at least 4 members (excludes halogenated alkanes) is 1. The van der Waals surface area contributed by atoms with E-state index in [0.29, 0.717) is 29.1 Å². The van der Waals surface area contributed by atoms with Gasteiger partial charge in [0, 0.05) is 16.1 Å². The molecule has 23 heavy (non-hydrogen) atoms. The molecule has 0 saturated heterocycles. The Bertz CT molecular complexity index is 686. The zero-order valence-electron chi connectivity index (χ0n) is 13.0. The molecule has 1 heterocycles. The molecule has 0 amide bonds. The van der Waals surface area contributed by atoms with Gasteiger partial charge in [0.15, 0.2) is 5.69 Å². The van der Waals surface area contributed by atoms with Crippen molar-refractivity contribution >= 4 is 29.2 Å². The number of nitrogens with zero attached hydrogens (tertiary/aromatic N) is 2. The van der Waals surface area contributed by atoms with Crippen LogP contribution in [-0.2, 0) is 11.3 Å². The number of rotatable bonds is 7. The molecule has 0 saturated carbocycles. The largest absolute Gasteiger partial charge is 0.478 e. The maximum atomic E-state index is 11.7. The van der Waals surface area contributed by atoms with E-state index in [1.165, 1.54) is 7.11 Å². The third-order valence-electron chi connectivity index (χ3n) is 3.22. The summed E-state index contributed by atoms with van der Waals surface area (Å²) >= 11 is 12.1. The number of carbonyl (C=O) groups is 1. The van der Waals surface area contributed by atoms with Crippen LogP contribution < -0.4 is 4.74 Å². The van der Waals surface area contributed by atoms with Crippen molar-refractivity contribution in [2.75, 3.05) is 13.7 Å². The zero-order valence-corrected chi connectivity index (χ0v) is 14.5. The van der Waals surface area contributed by atoms with Gasteiger partial charge in [-0.1, -0.05) is 42.6 Å². The number of carbonyl (C=O) groups excluding carboxylic acids is 1. The Morgan fingerprint density at radius 2 is 2.09 bits per heavy atom. The highest BCUT2D eigenvalue weighted by Crippen LogP contribution is 2.24. The van der Waals surface area contributed by atoms with Crippen LogP contribution >= 0.6 is 23.2 Å². The molecule has 1 aromatic carbocycles. The fourth-order valence-electron chi connectivity index (χ4n) is 1.97. The van der Waals surface area contributed by atoms with E-state index in [0.717, 1.165) is 18.4 Å². The maximum absolute atomic E-state index is 11.7. The van der Waals surface area contributed by atoms with Gasteiger partial charge in [-0.05, 0) is 24.1 Å². The lowest BCUT2D eigenvalue weighted by atomic mass is 10.2. The van der Waals surface area contributed by atoms with Gasteiger partial charge in [0.2, 0.25) is 5.88 Å². The number of esters is 1. The topological polar surface area (TPSA) is 53.4 Å². The molecule has 0 aliphatic rings. The van der Waals surface area contributed by atoms with Crippen molar-refractivity contribution in [3.8, 4) is 5.88 Å². The second kappa shape index (κ2) is 8.22. The number of ether oxygens (including phenoxy) is 2. The summed E-state index contributed by atoms with van der Waals surface area (Å²) in [6.45, 7) is 3.00. The lowest BCUT2D eigenvalue weighted by Gasteiger charge is -2.10. The predicted octanol–water partition coefficient (Wildman–Crippen LogP) is 4.20. The van der Waals surface area contributed by atoms with E-state index in [2.05, 4.69) is 12.0 Å². The van der Waals surface area contributed by atoms with Crippen molar-refractivity contribution < 1.29 is 14.3 Å². The first-order chi connectivity index (χ1) is 11.0. The summed E-state index contributed by atoms with van der Waals surface area (Å²) in [6.07, 6.45) is 1.93. The summed E-state index contributed by atoms with van der Waals surface area (Å²) in [5, 5.41) is 5.34. The molecule has 7 heteroatoms.